The zero-order chi connectivity index (χ0) is 13.4. The van der Waals surface area contributed by atoms with Crippen LogP contribution >= 0.6 is 0 Å². The summed E-state index contributed by atoms with van der Waals surface area (Å²) in [6.07, 6.45) is 4.92. The van der Waals surface area contributed by atoms with Crippen LogP contribution in [0.1, 0.15) is 49.4 Å². The highest BCUT2D eigenvalue weighted by Crippen LogP contribution is 2.35. The van der Waals surface area contributed by atoms with E-state index in [1.165, 1.54) is 25.7 Å². The Morgan fingerprint density at radius 1 is 1.15 bits per heavy atom. The van der Waals surface area contributed by atoms with Crippen LogP contribution in [0, 0.1) is 0 Å². The van der Waals surface area contributed by atoms with Crippen molar-refractivity contribution in [1.82, 2.24) is 15.2 Å². The average Bonchev–Trinajstić information content (AvgIpc) is 3.17. The molecular formula is C15H18N4O. The van der Waals surface area contributed by atoms with Gasteiger partial charge in [0.05, 0.1) is 12.2 Å². The fourth-order valence-corrected chi connectivity index (χ4v) is 3.06. The summed E-state index contributed by atoms with van der Waals surface area (Å²) in [6, 6.07) is 7.98. The number of para-hydroxylation sites is 2. The van der Waals surface area contributed by atoms with Crippen molar-refractivity contribution >= 4 is 5.69 Å². The average molecular weight is 270 g/mol. The van der Waals surface area contributed by atoms with Gasteiger partial charge in [0.2, 0.25) is 0 Å². The molecule has 2 aliphatic rings. The van der Waals surface area contributed by atoms with Gasteiger partial charge in [-0.05, 0) is 25.0 Å². The predicted octanol–water partition coefficient (Wildman–Crippen LogP) is 3.01. The van der Waals surface area contributed by atoms with Crippen molar-refractivity contribution in [1.29, 1.82) is 0 Å². The smallest absolute Gasteiger partial charge is 0.175 e. The van der Waals surface area contributed by atoms with Crippen LogP contribution in [0.3, 0.4) is 0 Å². The van der Waals surface area contributed by atoms with E-state index in [0.29, 0.717) is 5.92 Å². The van der Waals surface area contributed by atoms with Crippen molar-refractivity contribution in [2.75, 3.05) is 11.9 Å². The van der Waals surface area contributed by atoms with Gasteiger partial charge in [0.1, 0.15) is 5.75 Å². The molecular weight excluding hydrogens is 252 g/mol. The highest BCUT2D eigenvalue weighted by molar-refractivity contribution is 5.57. The van der Waals surface area contributed by atoms with Gasteiger partial charge in [0.25, 0.3) is 0 Å². The predicted molar refractivity (Wildman–Crippen MR) is 75.9 cm³/mol. The molecule has 1 fully saturated rings. The molecule has 2 N–H and O–H groups in total. The first-order valence-electron chi connectivity index (χ1n) is 7.32. The molecule has 2 heterocycles. The molecule has 1 aliphatic carbocycles. The summed E-state index contributed by atoms with van der Waals surface area (Å²) in [6.45, 7) is 0.719. The monoisotopic (exact) mass is 270 g/mol. The third-order valence-electron chi connectivity index (χ3n) is 4.18. The van der Waals surface area contributed by atoms with Crippen molar-refractivity contribution in [3.8, 4) is 5.75 Å². The molecule has 0 bridgehead atoms. The molecule has 0 spiro atoms. The van der Waals surface area contributed by atoms with Gasteiger partial charge in [-0.1, -0.05) is 25.0 Å². The Hall–Kier alpha value is -2.04. The maximum atomic E-state index is 6.00. The summed E-state index contributed by atoms with van der Waals surface area (Å²) in [4.78, 5) is 4.66. The van der Waals surface area contributed by atoms with E-state index in [1.807, 2.05) is 24.3 Å². The van der Waals surface area contributed by atoms with Crippen molar-refractivity contribution in [2.45, 2.75) is 37.7 Å². The van der Waals surface area contributed by atoms with Gasteiger partial charge in [-0.3, -0.25) is 5.10 Å². The Balaban J connectivity index is 1.54. The lowest BCUT2D eigenvalue weighted by Gasteiger charge is -2.25. The number of benzene rings is 1. The van der Waals surface area contributed by atoms with E-state index in [-0.39, 0.29) is 6.10 Å². The Morgan fingerprint density at radius 2 is 2.00 bits per heavy atom. The Bertz CT molecular complexity index is 603. The molecule has 1 saturated carbocycles. The first-order chi connectivity index (χ1) is 9.90. The van der Waals surface area contributed by atoms with E-state index < -0.39 is 0 Å². The molecule has 0 saturated heterocycles. The summed E-state index contributed by atoms with van der Waals surface area (Å²) in [5.74, 6) is 3.19. The fourth-order valence-electron chi connectivity index (χ4n) is 3.06. The van der Waals surface area contributed by atoms with Crippen LogP contribution in [0.25, 0.3) is 0 Å². The fraction of sp³-hybridized carbons (Fsp3) is 0.467. The van der Waals surface area contributed by atoms with Gasteiger partial charge in [-0.15, -0.1) is 0 Å². The number of anilines is 1. The zero-order valence-corrected chi connectivity index (χ0v) is 11.3. The molecule has 5 nitrogen and oxygen atoms in total. The lowest BCUT2D eigenvalue weighted by atomic mass is 10.1. The summed E-state index contributed by atoms with van der Waals surface area (Å²) in [5.41, 5.74) is 1.04. The van der Waals surface area contributed by atoms with Crippen LogP contribution in [-0.4, -0.2) is 21.7 Å². The van der Waals surface area contributed by atoms with Crippen molar-refractivity contribution in [3.05, 3.63) is 35.9 Å². The van der Waals surface area contributed by atoms with Crippen LogP contribution in [0.5, 0.6) is 5.75 Å². The van der Waals surface area contributed by atoms with Gasteiger partial charge in [0, 0.05) is 5.92 Å². The number of ether oxygens (including phenoxy) is 1. The first kappa shape index (κ1) is 11.8. The number of H-pyrrole nitrogens is 1. The van der Waals surface area contributed by atoms with Gasteiger partial charge in [-0.2, -0.15) is 5.10 Å². The number of aromatic nitrogens is 3. The second kappa shape index (κ2) is 4.81. The molecule has 104 valence electrons. The van der Waals surface area contributed by atoms with Crippen molar-refractivity contribution in [3.63, 3.8) is 0 Å². The zero-order valence-electron chi connectivity index (χ0n) is 11.3. The van der Waals surface area contributed by atoms with Gasteiger partial charge < -0.3 is 10.1 Å². The third kappa shape index (κ3) is 2.03. The Kier molecular flexibility index (Phi) is 2.83. The number of aromatic amines is 1. The topological polar surface area (TPSA) is 62.8 Å². The first-order valence-corrected chi connectivity index (χ1v) is 7.32. The minimum atomic E-state index is -0.0902. The summed E-state index contributed by atoms with van der Waals surface area (Å²) < 4.78 is 6.00. The number of rotatable bonds is 2. The lowest BCUT2D eigenvalue weighted by molar-refractivity contribution is 0.200. The van der Waals surface area contributed by atoms with Crippen LogP contribution < -0.4 is 10.1 Å². The van der Waals surface area contributed by atoms with E-state index in [9.17, 15) is 0 Å². The normalized spacial score (nSPS) is 22.1. The molecule has 0 amide bonds. The number of hydrogen-bond acceptors (Lipinski definition) is 4. The van der Waals surface area contributed by atoms with Crippen LogP contribution in [0.15, 0.2) is 24.3 Å². The highest BCUT2D eigenvalue weighted by Gasteiger charge is 2.26. The molecule has 4 rings (SSSR count). The maximum Gasteiger partial charge on any atom is 0.175 e. The second-order valence-electron chi connectivity index (χ2n) is 5.54. The largest absolute Gasteiger partial charge is 0.478 e. The minimum Gasteiger partial charge on any atom is -0.478 e. The highest BCUT2D eigenvalue weighted by atomic mass is 16.5. The number of nitrogens with zero attached hydrogens (tertiary/aromatic N) is 2. The van der Waals surface area contributed by atoms with Gasteiger partial charge in [-0.25, -0.2) is 4.98 Å². The van der Waals surface area contributed by atoms with Crippen LogP contribution in [0.4, 0.5) is 5.69 Å². The molecule has 20 heavy (non-hydrogen) atoms. The van der Waals surface area contributed by atoms with Crippen molar-refractivity contribution < 1.29 is 4.74 Å². The standard InChI is InChI=1S/C15H18N4O/c1-2-6-10(5-1)14-17-15(19-18-14)13-9-16-11-7-3-4-8-12(11)20-13/h3-4,7-8,10,13,16H,1-2,5-6,9H2,(H,17,18,19). The maximum absolute atomic E-state index is 6.00. The minimum absolute atomic E-state index is 0.0902. The molecule has 0 radical (unpaired) electrons. The van der Waals surface area contributed by atoms with E-state index >= 15 is 0 Å². The van der Waals surface area contributed by atoms with E-state index in [1.54, 1.807) is 0 Å². The molecule has 2 aromatic rings. The molecule has 1 aromatic heterocycles. The van der Waals surface area contributed by atoms with E-state index in [2.05, 4.69) is 20.5 Å². The van der Waals surface area contributed by atoms with E-state index in [0.717, 1.165) is 29.6 Å². The molecule has 1 unspecified atom stereocenters. The Morgan fingerprint density at radius 3 is 2.90 bits per heavy atom. The molecule has 1 aromatic carbocycles. The van der Waals surface area contributed by atoms with Crippen molar-refractivity contribution in [2.24, 2.45) is 0 Å². The number of nitrogens with one attached hydrogen (secondary N) is 2. The summed E-state index contributed by atoms with van der Waals surface area (Å²) in [7, 11) is 0. The summed E-state index contributed by atoms with van der Waals surface area (Å²) >= 11 is 0. The SMILES string of the molecule is c1ccc2c(c1)NCC(c1nc(C3CCCC3)n[nH]1)O2. The number of fused-ring (bicyclic) bond motifs is 1. The van der Waals surface area contributed by atoms with Crippen LogP contribution in [-0.2, 0) is 0 Å². The lowest BCUT2D eigenvalue weighted by Crippen LogP contribution is -2.24. The second-order valence-corrected chi connectivity index (χ2v) is 5.54. The van der Waals surface area contributed by atoms with Gasteiger partial charge >= 0.3 is 0 Å². The summed E-state index contributed by atoms with van der Waals surface area (Å²) in [5, 5.41) is 10.8. The molecule has 1 aliphatic heterocycles. The number of hydrogen-bond donors (Lipinski definition) is 2. The molecule has 5 heteroatoms. The van der Waals surface area contributed by atoms with Gasteiger partial charge in [0.15, 0.2) is 17.8 Å². The Labute approximate surface area is 117 Å². The quantitative estimate of drug-likeness (QED) is 0.880. The van der Waals surface area contributed by atoms with E-state index in [4.69, 9.17) is 4.74 Å². The molecule has 1 atom stereocenters. The third-order valence-corrected chi connectivity index (χ3v) is 4.18. The van der Waals surface area contributed by atoms with Crippen LogP contribution in [0.2, 0.25) is 0 Å².